The van der Waals surface area contributed by atoms with E-state index in [4.69, 9.17) is 27.9 Å². The summed E-state index contributed by atoms with van der Waals surface area (Å²) in [5, 5.41) is 2.70. The van der Waals surface area contributed by atoms with Gasteiger partial charge in [-0.15, -0.1) is 23.2 Å². The van der Waals surface area contributed by atoms with E-state index < -0.39 is 12.0 Å². The molecule has 0 rings (SSSR count). The first-order valence-corrected chi connectivity index (χ1v) is 7.87. The van der Waals surface area contributed by atoms with E-state index in [0.29, 0.717) is 31.3 Å². The first-order valence-electron chi connectivity index (χ1n) is 6.80. The second-order valence-electron chi connectivity index (χ2n) is 4.75. The fraction of sp³-hybridized carbons (Fsp3) is 0.846. The summed E-state index contributed by atoms with van der Waals surface area (Å²) >= 11 is 11.3. The summed E-state index contributed by atoms with van der Waals surface area (Å²) in [6, 6.07) is -0.986. The van der Waals surface area contributed by atoms with Gasteiger partial charge in [-0.1, -0.05) is 13.8 Å². The average molecular weight is 327 g/mol. The van der Waals surface area contributed by atoms with Crippen molar-refractivity contribution in [2.24, 2.45) is 5.92 Å². The quantitative estimate of drug-likeness (QED) is 0.523. The van der Waals surface area contributed by atoms with E-state index in [-0.39, 0.29) is 18.6 Å². The molecule has 7 heteroatoms. The zero-order valence-electron chi connectivity index (χ0n) is 12.3. The van der Waals surface area contributed by atoms with Crippen molar-refractivity contribution in [3.8, 4) is 0 Å². The van der Waals surface area contributed by atoms with Crippen molar-refractivity contribution in [3.63, 3.8) is 0 Å². The third-order valence-corrected chi connectivity index (χ3v) is 2.91. The molecule has 0 heterocycles. The predicted octanol–water partition coefficient (Wildman–Crippen LogP) is 2.45. The molecule has 0 saturated heterocycles. The highest BCUT2D eigenvalue weighted by atomic mass is 35.5. The van der Waals surface area contributed by atoms with E-state index in [1.165, 1.54) is 4.90 Å². The molecule has 118 valence electrons. The molecular formula is C13H24Cl2N2O3. The van der Waals surface area contributed by atoms with Crippen LogP contribution in [0, 0.1) is 5.92 Å². The van der Waals surface area contributed by atoms with Gasteiger partial charge in [-0.2, -0.15) is 0 Å². The van der Waals surface area contributed by atoms with E-state index in [1.807, 2.05) is 13.8 Å². The number of nitrogens with one attached hydrogen (secondary N) is 1. The van der Waals surface area contributed by atoms with Gasteiger partial charge in [-0.05, 0) is 19.3 Å². The molecule has 0 unspecified atom stereocenters. The van der Waals surface area contributed by atoms with Crippen LogP contribution in [0.1, 0.15) is 27.2 Å². The smallest absolute Gasteiger partial charge is 0.328 e. The SMILES string of the molecule is CCOC(=O)[C@H](CC(C)C)NC(=O)N(CCCl)CCCl. The number of nitrogens with zero attached hydrogens (tertiary/aromatic N) is 1. The van der Waals surface area contributed by atoms with Gasteiger partial charge in [0.2, 0.25) is 0 Å². The highest BCUT2D eigenvalue weighted by Gasteiger charge is 2.25. The standard InChI is InChI=1S/C13H24Cl2N2O3/c1-4-20-12(18)11(9-10(2)3)16-13(19)17(7-5-14)8-6-15/h10-11H,4-9H2,1-3H3,(H,16,19)/t11-/m0/s1. The third-order valence-electron chi connectivity index (χ3n) is 2.57. The summed E-state index contributed by atoms with van der Waals surface area (Å²) in [6.07, 6.45) is 0.528. The lowest BCUT2D eigenvalue weighted by Crippen LogP contribution is -2.50. The summed E-state index contributed by atoms with van der Waals surface area (Å²) in [4.78, 5) is 25.5. The molecule has 0 aromatic heterocycles. The molecule has 0 aliphatic heterocycles. The second kappa shape index (κ2) is 11.0. The van der Waals surface area contributed by atoms with E-state index in [9.17, 15) is 9.59 Å². The second-order valence-corrected chi connectivity index (χ2v) is 5.50. The maximum atomic E-state index is 12.1. The summed E-state index contributed by atoms with van der Waals surface area (Å²) in [6.45, 7) is 6.76. The number of alkyl halides is 2. The van der Waals surface area contributed by atoms with Crippen molar-refractivity contribution in [2.45, 2.75) is 33.2 Å². The minimum atomic E-state index is -0.643. The van der Waals surface area contributed by atoms with Crippen LogP contribution in [0.5, 0.6) is 0 Å². The Morgan fingerprint density at radius 1 is 1.20 bits per heavy atom. The van der Waals surface area contributed by atoms with Crippen LogP contribution in [-0.4, -0.2) is 54.4 Å². The Labute approximate surface area is 130 Å². The van der Waals surface area contributed by atoms with Crippen LogP contribution in [0.2, 0.25) is 0 Å². The number of rotatable bonds is 9. The Bertz CT molecular complexity index is 295. The molecule has 0 bridgehead atoms. The topological polar surface area (TPSA) is 58.6 Å². The molecule has 1 N–H and O–H groups in total. The molecule has 0 radical (unpaired) electrons. The van der Waals surface area contributed by atoms with E-state index in [0.717, 1.165) is 0 Å². The minimum absolute atomic E-state index is 0.263. The predicted molar refractivity (Wildman–Crippen MR) is 81.4 cm³/mol. The molecule has 5 nitrogen and oxygen atoms in total. The fourth-order valence-electron chi connectivity index (χ4n) is 1.69. The number of carbonyl (C=O) groups excluding carboxylic acids is 2. The molecule has 0 fully saturated rings. The van der Waals surface area contributed by atoms with E-state index in [2.05, 4.69) is 5.32 Å². The number of hydrogen-bond acceptors (Lipinski definition) is 3. The number of urea groups is 1. The van der Waals surface area contributed by atoms with Crippen molar-refractivity contribution in [1.29, 1.82) is 0 Å². The van der Waals surface area contributed by atoms with Gasteiger partial charge in [0.05, 0.1) is 6.61 Å². The minimum Gasteiger partial charge on any atom is -0.464 e. The monoisotopic (exact) mass is 326 g/mol. The molecule has 0 saturated carbocycles. The van der Waals surface area contributed by atoms with Gasteiger partial charge in [-0.25, -0.2) is 9.59 Å². The number of hydrogen-bond donors (Lipinski definition) is 1. The van der Waals surface area contributed by atoms with E-state index in [1.54, 1.807) is 6.92 Å². The van der Waals surface area contributed by atoms with Crippen LogP contribution in [0.25, 0.3) is 0 Å². The maximum absolute atomic E-state index is 12.1. The van der Waals surface area contributed by atoms with Crippen LogP contribution in [0.3, 0.4) is 0 Å². The van der Waals surface area contributed by atoms with Gasteiger partial charge in [0, 0.05) is 24.8 Å². The normalized spacial score (nSPS) is 12.1. The Balaban J connectivity index is 4.67. The Morgan fingerprint density at radius 3 is 2.15 bits per heavy atom. The van der Waals surface area contributed by atoms with Crippen LogP contribution >= 0.6 is 23.2 Å². The summed E-state index contributed by atoms with van der Waals surface area (Å²) in [7, 11) is 0. The van der Waals surface area contributed by atoms with Gasteiger partial charge < -0.3 is 15.0 Å². The van der Waals surface area contributed by atoms with Gasteiger partial charge in [-0.3, -0.25) is 0 Å². The Kier molecular flexibility index (Phi) is 10.7. The number of carbonyl (C=O) groups is 2. The molecule has 0 aromatic carbocycles. The molecule has 2 amide bonds. The first-order chi connectivity index (χ1) is 9.46. The third kappa shape index (κ3) is 7.80. The number of halogens is 2. The lowest BCUT2D eigenvalue weighted by Gasteiger charge is -2.25. The van der Waals surface area contributed by atoms with E-state index >= 15 is 0 Å². The molecule has 20 heavy (non-hydrogen) atoms. The molecule has 0 spiro atoms. The lowest BCUT2D eigenvalue weighted by atomic mass is 10.0. The Hall–Kier alpha value is -0.680. The number of ether oxygens (including phenoxy) is 1. The van der Waals surface area contributed by atoms with Crippen LogP contribution in [0.15, 0.2) is 0 Å². The highest BCUT2D eigenvalue weighted by Crippen LogP contribution is 2.07. The zero-order valence-corrected chi connectivity index (χ0v) is 13.8. The number of amides is 2. The molecular weight excluding hydrogens is 303 g/mol. The molecule has 1 atom stereocenters. The summed E-state index contributed by atoms with van der Waals surface area (Å²) in [5.41, 5.74) is 0. The van der Waals surface area contributed by atoms with Gasteiger partial charge >= 0.3 is 12.0 Å². The number of esters is 1. The lowest BCUT2D eigenvalue weighted by molar-refractivity contribution is -0.145. The van der Waals surface area contributed by atoms with Crippen LogP contribution in [0.4, 0.5) is 4.79 Å². The average Bonchev–Trinajstić information content (AvgIpc) is 2.37. The molecule has 0 aliphatic rings. The van der Waals surface area contributed by atoms with Crippen molar-refractivity contribution in [1.82, 2.24) is 10.2 Å². The van der Waals surface area contributed by atoms with Crippen molar-refractivity contribution < 1.29 is 14.3 Å². The largest absolute Gasteiger partial charge is 0.464 e. The van der Waals surface area contributed by atoms with Crippen LogP contribution < -0.4 is 5.32 Å². The van der Waals surface area contributed by atoms with Crippen LogP contribution in [-0.2, 0) is 9.53 Å². The fourth-order valence-corrected chi connectivity index (χ4v) is 2.10. The molecule has 0 aromatic rings. The van der Waals surface area contributed by atoms with Crippen molar-refractivity contribution in [2.75, 3.05) is 31.5 Å². The van der Waals surface area contributed by atoms with Gasteiger partial charge in [0.25, 0.3) is 0 Å². The van der Waals surface area contributed by atoms with Crippen molar-refractivity contribution in [3.05, 3.63) is 0 Å². The van der Waals surface area contributed by atoms with Crippen molar-refractivity contribution >= 4 is 35.2 Å². The first kappa shape index (κ1) is 19.3. The highest BCUT2D eigenvalue weighted by molar-refractivity contribution is 6.18. The molecule has 0 aliphatic carbocycles. The maximum Gasteiger partial charge on any atom is 0.328 e. The summed E-state index contributed by atoms with van der Waals surface area (Å²) < 4.78 is 4.98. The Morgan fingerprint density at radius 2 is 1.75 bits per heavy atom. The summed E-state index contributed by atoms with van der Waals surface area (Å²) in [5.74, 6) is 0.488. The zero-order chi connectivity index (χ0) is 15.5. The van der Waals surface area contributed by atoms with Gasteiger partial charge in [0.15, 0.2) is 0 Å². The van der Waals surface area contributed by atoms with Gasteiger partial charge in [0.1, 0.15) is 6.04 Å².